The Morgan fingerprint density at radius 1 is 1.16 bits per heavy atom. The van der Waals surface area contributed by atoms with Gasteiger partial charge in [0.05, 0.1) is 6.04 Å². The third-order valence-corrected chi connectivity index (χ3v) is 5.88. The van der Waals surface area contributed by atoms with Gasteiger partial charge >= 0.3 is 5.97 Å². The van der Waals surface area contributed by atoms with E-state index in [1.54, 1.807) is 5.01 Å². The van der Waals surface area contributed by atoms with E-state index in [-0.39, 0.29) is 12.5 Å². The Morgan fingerprint density at radius 3 is 2.56 bits per heavy atom. The van der Waals surface area contributed by atoms with Gasteiger partial charge in [0.1, 0.15) is 0 Å². The summed E-state index contributed by atoms with van der Waals surface area (Å²) in [7, 11) is 0. The fraction of sp³-hybridized carbons (Fsp3) is 0.346. The predicted octanol–water partition coefficient (Wildman–Crippen LogP) is 4.22. The summed E-state index contributed by atoms with van der Waals surface area (Å²) in [4.78, 5) is 11.1. The number of aromatic nitrogens is 1. The van der Waals surface area contributed by atoms with Crippen LogP contribution in [0.5, 0.6) is 0 Å². The van der Waals surface area contributed by atoms with Gasteiger partial charge in [0.2, 0.25) is 0 Å². The third kappa shape index (κ3) is 5.32. The predicted molar refractivity (Wildman–Crippen MR) is 130 cm³/mol. The van der Waals surface area contributed by atoms with Crippen molar-refractivity contribution in [3.8, 4) is 0 Å². The average Bonchev–Trinajstić information content (AvgIpc) is 3.12. The molecule has 5 N–H and O–H groups in total. The number of para-hydroxylation sites is 1. The normalized spacial score (nSPS) is 15.6. The Balaban J connectivity index is 0.00000141. The maximum absolute atomic E-state index is 11.1. The number of hydrogen-bond donors (Lipinski definition) is 3. The molecule has 0 aliphatic carbocycles. The van der Waals surface area contributed by atoms with Crippen molar-refractivity contribution in [1.82, 2.24) is 9.58 Å². The summed E-state index contributed by atoms with van der Waals surface area (Å²) < 4.78 is 2.31. The monoisotopic (exact) mass is 434 g/mol. The molecule has 2 aromatic carbocycles. The first-order valence-corrected chi connectivity index (χ1v) is 11.4. The lowest BCUT2D eigenvalue weighted by molar-refractivity contribution is -0.136. The van der Waals surface area contributed by atoms with Crippen molar-refractivity contribution in [2.45, 2.75) is 58.5 Å². The molecule has 0 saturated carbocycles. The van der Waals surface area contributed by atoms with E-state index in [1.807, 2.05) is 50.4 Å². The van der Waals surface area contributed by atoms with Crippen LogP contribution in [0.2, 0.25) is 0 Å². The summed E-state index contributed by atoms with van der Waals surface area (Å²) in [5.74, 6) is 5.63. The minimum absolute atomic E-state index is 0.134. The van der Waals surface area contributed by atoms with Gasteiger partial charge in [-0.1, -0.05) is 62.4 Å². The number of rotatable bonds is 7. The fourth-order valence-electron chi connectivity index (χ4n) is 4.46. The molecular weight excluding hydrogens is 400 g/mol. The molecular formula is C26H34N4O2. The van der Waals surface area contributed by atoms with Gasteiger partial charge < -0.3 is 20.4 Å². The van der Waals surface area contributed by atoms with Crippen molar-refractivity contribution in [2.24, 2.45) is 11.6 Å². The van der Waals surface area contributed by atoms with Crippen LogP contribution in [0.1, 0.15) is 43.5 Å². The summed E-state index contributed by atoms with van der Waals surface area (Å²) in [5, 5.41) is 12.0. The molecule has 32 heavy (non-hydrogen) atoms. The Bertz CT molecular complexity index is 1070. The van der Waals surface area contributed by atoms with Crippen molar-refractivity contribution >= 4 is 16.9 Å². The average molecular weight is 435 g/mol. The standard InChI is InChI=1S/C24H28N4O2.C2H6/c25-18(14-17-6-2-1-3-7-17)15-28(26)19-10-12-23-21(11-13-24(29)30)20-8-4-5-9-22(20)27(23)16-19;1-2/h1-9,15,19H,10-14,16,25-26H2,(H,29,30);1-2H3/b18-15-;. The topological polar surface area (TPSA) is 97.5 Å². The highest BCUT2D eigenvalue weighted by molar-refractivity contribution is 5.86. The number of nitrogens with two attached hydrogens (primary N) is 2. The first kappa shape index (κ1) is 23.4. The third-order valence-electron chi connectivity index (χ3n) is 5.88. The van der Waals surface area contributed by atoms with Crippen LogP contribution in [0, 0.1) is 0 Å². The molecule has 2 heterocycles. The minimum atomic E-state index is -0.764. The summed E-state index contributed by atoms with van der Waals surface area (Å²) in [6.45, 7) is 4.76. The molecule has 6 nitrogen and oxygen atoms in total. The Labute approximate surface area is 190 Å². The fourth-order valence-corrected chi connectivity index (χ4v) is 4.46. The van der Waals surface area contributed by atoms with E-state index < -0.39 is 5.97 Å². The molecule has 1 aromatic heterocycles. The highest BCUT2D eigenvalue weighted by Gasteiger charge is 2.26. The number of hydrogen-bond acceptors (Lipinski definition) is 4. The van der Waals surface area contributed by atoms with Crippen LogP contribution in [0.25, 0.3) is 10.9 Å². The number of allylic oxidation sites excluding steroid dienone is 1. The molecule has 4 rings (SSSR count). The lowest BCUT2D eigenvalue weighted by Crippen LogP contribution is -2.43. The Kier molecular flexibility index (Phi) is 7.95. The second-order valence-electron chi connectivity index (χ2n) is 7.95. The molecule has 170 valence electrons. The molecule has 1 aliphatic heterocycles. The number of carbonyl (C=O) groups is 1. The van der Waals surface area contributed by atoms with E-state index in [0.717, 1.165) is 47.1 Å². The maximum Gasteiger partial charge on any atom is 0.303 e. The largest absolute Gasteiger partial charge is 0.481 e. The molecule has 0 saturated heterocycles. The molecule has 0 radical (unpaired) electrons. The van der Waals surface area contributed by atoms with Gasteiger partial charge in [0.25, 0.3) is 0 Å². The lowest BCUT2D eigenvalue weighted by Gasteiger charge is -2.32. The van der Waals surface area contributed by atoms with E-state index in [0.29, 0.717) is 12.8 Å². The van der Waals surface area contributed by atoms with Crippen LogP contribution in [0.3, 0.4) is 0 Å². The lowest BCUT2D eigenvalue weighted by atomic mass is 9.99. The quantitative estimate of drug-likeness (QED) is 0.382. The number of benzene rings is 2. The molecule has 1 aliphatic rings. The number of hydrazine groups is 1. The van der Waals surface area contributed by atoms with Crippen LogP contribution in [0.15, 0.2) is 66.5 Å². The van der Waals surface area contributed by atoms with Gasteiger partial charge in [-0.15, -0.1) is 0 Å². The molecule has 0 bridgehead atoms. The number of fused-ring (bicyclic) bond motifs is 3. The van der Waals surface area contributed by atoms with Gasteiger partial charge in [-0.2, -0.15) is 0 Å². The van der Waals surface area contributed by atoms with Gasteiger partial charge in [-0.3, -0.25) is 4.79 Å². The molecule has 1 unspecified atom stereocenters. The highest BCUT2D eigenvalue weighted by Crippen LogP contribution is 2.32. The zero-order chi connectivity index (χ0) is 23.1. The zero-order valence-electron chi connectivity index (χ0n) is 19.0. The summed E-state index contributed by atoms with van der Waals surface area (Å²) >= 11 is 0. The van der Waals surface area contributed by atoms with Gasteiger partial charge in [0.15, 0.2) is 0 Å². The van der Waals surface area contributed by atoms with Crippen molar-refractivity contribution in [2.75, 3.05) is 0 Å². The van der Waals surface area contributed by atoms with Crippen molar-refractivity contribution < 1.29 is 9.90 Å². The molecule has 0 amide bonds. The minimum Gasteiger partial charge on any atom is -0.481 e. The van der Waals surface area contributed by atoms with E-state index in [4.69, 9.17) is 16.7 Å². The number of aryl methyl sites for hydroxylation is 1. The SMILES string of the molecule is CC.N/C(=C\N(N)C1CCc2c(CCC(=O)O)c3ccccc3n2C1)Cc1ccccc1. The first-order valence-electron chi connectivity index (χ1n) is 11.4. The van der Waals surface area contributed by atoms with E-state index in [9.17, 15) is 4.79 Å². The molecule has 6 heteroatoms. The number of nitrogens with zero attached hydrogens (tertiary/aromatic N) is 2. The Hall–Kier alpha value is -3.25. The van der Waals surface area contributed by atoms with Crippen molar-refractivity contribution in [3.05, 3.63) is 83.3 Å². The number of aliphatic carboxylic acids is 1. The number of carboxylic acids is 1. The van der Waals surface area contributed by atoms with E-state index in [1.165, 1.54) is 5.69 Å². The first-order chi connectivity index (χ1) is 15.5. The van der Waals surface area contributed by atoms with Crippen LogP contribution in [-0.2, 0) is 30.6 Å². The van der Waals surface area contributed by atoms with E-state index in [2.05, 4.69) is 28.8 Å². The van der Waals surface area contributed by atoms with Crippen LogP contribution in [0.4, 0.5) is 0 Å². The molecule has 0 spiro atoms. The second kappa shape index (κ2) is 10.9. The van der Waals surface area contributed by atoms with Gasteiger partial charge in [-0.25, -0.2) is 5.84 Å². The van der Waals surface area contributed by atoms with Gasteiger partial charge in [-0.05, 0) is 36.5 Å². The van der Waals surface area contributed by atoms with Crippen molar-refractivity contribution in [3.63, 3.8) is 0 Å². The molecule has 3 aromatic rings. The second-order valence-corrected chi connectivity index (χ2v) is 7.95. The van der Waals surface area contributed by atoms with E-state index >= 15 is 0 Å². The number of carboxylic acid groups (broad SMARTS) is 1. The molecule has 1 atom stereocenters. The highest BCUT2D eigenvalue weighted by atomic mass is 16.4. The van der Waals surface area contributed by atoms with Crippen LogP contribution >= 0.6 is 0 Å². The van der Waals surface area contributed by atoms with Gasteiger partial charge in [0, 0.05) is 47.9 Å². The summed E-state index contributed by atoms with van der Waals surface area (Å²) in [6.07, 6.45) is 4.99. The molecule has 0 fully saturated rings. The van der Waals surface area contributed by atoms with Crippen LogP contribution < -0.4 is 11.6 Å². The van der Waals surface area contributed by atoms with Crippen LogP contribution in [-0.4, -0.2) is 26.7 Å². The summed E-state index contributed by atoms with van der Waals surface area (Å²) in [5.41, 5.74) is 11.7. The van der Waals surface area contributed by atoms with Crippen molar-refractivity contribution in [1.29, 1.82) is 0 Å². The maximum atomic E-state index is 11.1. The summed E-state index contributed by atoms with van der Waals surface area (Å²) in [6, 6.07) is 18.5. The smallest absolute Gasteiger partial charge is 0.303 e. The Morgan fingerprint density at radius 2 is 1.84 bits per heavy atom. The zero-order valence-corrected chi connectivity index (χ0v) is 19.0.